The molecule has 5 nitrogen and oxygen atoms in total. The number of amides is 2. The molecule has 0 aliphatic carbocycles. The van der Waals surface area contributed by atoms with E-state index in [0.717, 1.165) is 28.7 Å². The maximum Gasteiger partial charge on any atom is 0.261 e. The Morgan fingerprint density at radius 3 is 2.31 bits per heavy atom. The first kappa shape index (κ1) is 25.4. The number of nitrogens with one attached hydrogen (secondary N) is 1. The molecule has 0 fully saturated rings. The lowest BCUT2D eigenvalue weighted by atomic mass is 10.1. The number of hydrogen-bond donors (Lipinski definition) is 1. The number of aryl methyl sites for hydroxylation is 2. The molecule has 0 bridgehead atoms. The fourth-order valence-electron chi connectivity index (χ4n) is 3.52. The van der Waals surface area contributed by atoms with E-state index >= 15 is 0 Å². The van der Waals surface area contributed by atoms with Gasteiger partial charge in [-0.15, -0.1) is 0 Å². The largest absolute Gasteiger partial charge is 0.483 e. The Morgan fingerprint density at radius 1 is 1.06 bits per heavy atom. The molecule has 1 N–H and O–H groups in total. The van der Waals surface area contributed by atoms with Crippen LogP contribution in [0.5, 0.6) is 5.75 Å². The molecule has 2 aromatic carbocycles. The van der Waals surface area contributed by atoms with Gasteiger partial charge in [0.05, 0.1) is 0 Å². The predicted octanol–water partition coefficient (Wildman–Crippen LogP) is 4.85. The smallest absolute Gasteiger partial charge is 0.261 e. The Labute approximate surface area is 191 Å². The predicted molar refractivity (Wildman–Crippen MR) is 125 cm³/mol. The molecule has 2 aromatic rings. The van der Waals surface area contributed by atoms with Gasteiger partial charge in [-0.05, 0) is 81.0 Å². The SMILES string of the molecule is CC[C@@H](C)NC(=O)[C@@H](CC)N(Cc1ccc(F)cc1)C(=O)COc1cc(C)cc(C)c1C. The maximum atomic E-state index is 13.4. The minimum absolute atomic E-state index is 0.00786. The lowest BCUT2D eigenvalue weighted by Gasteiger charge is -2.31. The summed E-state index contributed by atoms with van der Waals surface area (Å²) in [6, 6.07) is 9.30. The van der Waals surface area contributed by atoms with Gasteiger partial charge < -0.3 is 15.0 Å². The van der Waals surface area contributed by atoms with Gasteiger partial charge in [-0.25, -0.2) is 4.39 Å². The van der Waals surface area contributed by atoms with Crippen LogP contribution in [0.4, 0.5) is 4.39 Å². The maximum absolute atomic E-state index is 13.4. The summed E-state index contributed by atoms with van der Waals surface area (Å²) >= 11 is 0. The van der Waals surface area contributed by atoms with Gasteiger partial charge in [-0.1, -0.05) is 32.0 Å². The zero-order chi connectivity index (χ0) is 23.8. The van der Waals surface area contributed by atoms with Gasteiger partial charge in [0.15, 0.2) is 6.61 Å². The molecule has 0 saturated heterocycles. The summed E-state index contributed by atoms with van der Waals surface area (Å²) in [5.74, 6) is -0.171. The number of nitrogens with zero attached hydrogens (tertiary/aromatic N) is 1. The second-order valence-electron chi connectivity index (χ2n) is 8.38. The van der Waals surface area contributed by atoms with E-state index in [4.69, 9.17) is 4.74 Å². The number of benzene rings is 2. The van der Waals surface area contributed by atoms with Crippen LogP contribution in [0.1, 0.15) is 55.9 Å². The van der Waals surface area contributed by atoms with Crippen molar-refractivity contribution in [2.75, 3.05) is 6.61 Å². The highest BCUT2D eigenvalue weighted by molar-refractivity contribution is 5.88. The van der Waals surface area contributed by atoms with Crippen molar-refractivity contribution in [1.82, 2.24) is 10.2 Å². The summed E-state index contributed by atoms with van der Waals surface area (Å²) in [6.07, 6.45) is 1.25. The molecule has 0 unspecified atom stereocenters. The van der Waals surface area contributed by atoms with Crippen LogP contribution in [0.25, 0.3) is 0 Å². The molecule has 0 radical (unpaired) electrons. The lowest BCUT2D eigenvalue weighted by molar-refractivity contribution is -0.143. The van der Waals surface area contributed by atoms with Crippen LogP contribution in [0, 0.1) is 26.6 Å². The van der Waals surface area contributed by atoms with Gasteiger partial charge in [0.2, 0.25) is 5.91 Å². The molecular formula is C26H35FN2O3. The van der Waals surface area contributed by atoms with E-state index < -0.39 is 6.04 Å². The molecule has 174 valence electrons. The average molecular weight is 443 g/mol. The first-order chi connectivity index (χ1) is 15.2. The summed E-state index contributed by atoms with van der Waals surface area (Å²) < 4.78 is 19.3. The van der Waals surface area contributed by atoms with Crippen molar-refractivity contribution in [2.24, 2.45) is 0 Å². The monoisotopic (exact) mass is 442 g/mol. The number of hydrogen-bond acceptors (Lipinski definition) is 3. The van der Waals surface area contributed by atoms with Crippen molar-refractivity contribution in [3.05, 3.63) is 64.5 Å². The fourth-order valence-corrected chi connectivity index (χ4v) is 3.52. The lowest BCUT2D eigenvalue weighted by Crippen LogP contribution is -2.51. The molecule has 2 atom stereocenters. The third-order valence-electron chi connectivity index (χ3n) is 5.77. The second kappa shape index (κ2) is 11.7. The van der Waals surface area contributed by atoms with Crippen molar-refractivity contribution in [3.8, 4) is 5.75 Å². The van der Waals surface area contributed by atoms with Gasteiger partial charge in [0.1, 0.15) is 17.6 Å². The zero-order valence-electron chi connectivity index (χ0n) is 20.0. The highest BCUT2D eigenvalue weighted by Gasteiger charge is 2.29. The molecule has 6 heteroatoms. The van der Waals surface area contributed by atoms with Gasteiger partial charge in [-0.3, -0.25) is 9.59 Å². The highest BCUT2D eigenvalue weighted by atomic mass is 19.1. The number of carbonyl (C=O) groups is 2. The first-order valence-corrected chi connectivity index (χ1v) is 11.2. The minimum atomic E-state index is -0.648. The molecule has 0 aliphatic rings. The van der Waals surface area contributed by atoms with Crippen molar-refractivity contribution in [2.45, 2.75) is 73.0 Å². The van der Waals surface area contributed by atoms with Crippen LogP contribution >= 0.6 is 0 Å². The van der Waals surface area contributed by atoms with Crippen molar-refractivity contribution < 1.29 is 18.7 Å². The Morgan fingerprint density at radius 2 is 1.72 bits per heavy atom. The molecule has 2 amide bonds. The summed E-state index contributed by atoms with van der Waals surface area (Å²) in [6.45, 7) is 11.8. The molecule has 2 rings (SSSR count). The molecule has 0 heterocycles. The van der Waals surface area contributed by atoms with E-state index in [1.165, 1.54) is 17.0 Å². The second-order valence-corrected chi connectivity index (χ2v) is 8.38. The molecule has 0 aromatic heterocycles. The summed E-state index contributed by atoms with van der Waals surface area (Å²) in [7, 11) is 0. The van der Waals surface area contributed by atoms with Crippen molar-refractivity contribution in [1.29, 1.82) is 0 Å². The standard InChI is InChI=1S/C26H35FN2O3/c1-7-19(5)28-26(31)23(8-2)29(15-21-9-11-22(27)12-10-21)25(30)16-32-24-14-17(3)13-18(4)20(24)6/h9-14,19,23H,7-8,15-16H2,1-6H3,(H,28,31)/t19-,23-/m1/s1. The van der Waals surface area contributed by atoms with Crippen LogP contribution in [0.2, 0.25) is 0 Å². The van der Waals surface area contributed by atoms with Gasteiger partial charge >= 0.3 is 0 Å². The average Bonchev–Trinajstić information content (AvgIpc) is 2.76. The number of carbonyl (C=O) groups excluding carboxylic acids is 2. The molecule has 32 heavy (non-hydrogen) atoms. The topological polar surface area (TPSA) is 58.6 Å². The fraction of sp³-hybridized carbons (Fsp3) is 0.462. The number of ether oxygens (including phenoxy) is 1. The van der Waals surface area contributed by atoms with E-state index in [1.54, 1.807) is 12.1 Å². The normalized spacial score (nSPS) is 12.7. The minimum Gasteiger partial charge on any atom is -0.483 e. The van der Waals surface area contributed by atoms with E-state index in [1.807, 2.05) is 47.6 Å². The van der Waals surface area contributed by atoms with Gasteiger partial charge in [0, 0.05) is 12.6 Å². The highest BCUT2D eigenvalue weighted by Crippen LogP contribution is 2.23. The molecule has 0 spiro atoms. The molecule has 0 saturated carbocycles. The van der Waals surface area contributed by atoms with E-state index in [0.29, 0.717) is 12.2 Å². The van der Waals surface area contributed by atoms with Crippen LogP contribution in [0.15, 0.2) is 36.4 Å². The van der Waals surface area contributed by atoms with Crippen molar-refractivity contribution in [3.63, 3.8) is 0 Å². The molecular weight excluding hydrogens is 407 g/mol. The van der Waals surface area contributed by atoms with Crippen LogP contribution < -0.4 is 10.1 Å². The Kier molecular flexibility index (Phi) is 9.24. The van der Waals surface area contributed by atoms with Crippen molar-refractivity contribution >= 4 is 11.8 Å². The van der Waals surface area contributed by atoms with E-state index in [-0.39, 0.29) is 36.8 Å². The quantitative estimate of drug-likeness (QED) is 0.572. The Balaban J connectivity index is 2.26. The van der Waals surface area contributed by atoms with E-state index in [9.17, 15) is 14.0 Å². The Hall–Kier alpha value is -2.89. The third kappa shape index (κ3) is 6.81. The summed E-state index contributed by atoms with van der Waals surface area (Å²) in [4.78, 5) is 27.8. The summed E-state index contributed by atoms with van der Waals surface area (Å²) in [5.41, 5.74) is 3.88. The van der Waals surface area contributed by atoms with Crippen LogP contribution in [0.3, 0.4) is 0 Å². The van der Waals surface area contributed by atoms with Crippen LogP contribution in [-0.2, 0) is 16.1 Å². The first-order valence-electron chi connectivity index (χ1n) is 11.2. The van der Waals surface area contributed by atoms with Gasteiger partial charge in [0.25, 0.3) is 5.91 Å². The molecule has 0 aliphatic heterocycles. The van der Waals surface area contributed by atoms with Gasteiger partial charge in [-0.2, -0.15) is 0 Å². The number of rotatable bonds is 10. The number of halogens is 1. The van der Waals surface area contributed by atoms with E-state index in [2.05, 4.69) is 11.4 Å². The summed E-state index contributed by atoms with van der Waals surface area (Å²) in [5, 5.41) is 2.98. The zero-order valence-corrected chi connectivity index (χ0v) is 20.0. The third-order valence-corrected chi connectivity index (χ3v) is 5.77. The van der Waals surface area contributed by atoms with Crippen LogP contribution in [-0.4, -0.2) is 35.4 Å². The Bertz CT molecular complexity index is 927.